The molecule has 0 aromatic heterocycles. The van der Waals surface area contributed by atoms with Crippen LogP contribution in [0.2, 0.25) is 0 Å². The van der Waals surface area contributed by atoms with Crippen LogP contribution < -0.4 is 11.1 Å². The van der Waals surface area contributed by atoms with E-state index in [2.05, 4.69) is 5.32 Å². The zero-order valence-electron chi connectivity index (χ0n) is 9.82. The maximum absolute atomic E-state index is 5.54. The summed E-state index contributed by atoms with van der Waals surface area (Å²) in [5.41, 5.74) is 7.57. The third kappa shape index (κ3) is 3.68. The Hall–Kier alpha value is -1.13. The van der Waals surface area contributed by atoms with E-state index in [0.29, 0.717) is 4.99 Å². The first kappa shape index (κ1) is 12.3. The van der Waals surface area contributed by atoms with Gasteiger partial charge in [0, 0.05) is 31.0 Å². The average Bonchev–Trinajstić information content (AvgIpc) is 2.83. The molecule has 2 rings (SSSR count). The van der Waals surface area contributed by atoms with Crippen LogP contribution in [0.15, 0.2) is 24.3 Å². The van der Waals surface area contributed by atoms with E-state index in [1.807, 2.05) is 24.3 Å². The topological polar surface area (TPSA) is 47.3 Å². The van der Waals surface area contributed by atoms with Crippen LogP contribution in [-0.2, 0) is 4.74 Å². The Labute approximate surface area is 107 Å². The maximum Gasteiger partial charge on any atom is 0.103 e. The summed E-state index contributed by atoms with van der Waals surface area (Å²) in [5.74, 6) is 0.721. The molecular formula is C13H18N2OS. The quantitative estimate of drug-likeness (QED) is 0.786. The fraction of sp³-hybridized carbons (Fsp3) is 0.462. The molecule has 0 saturated carbocycles. The fourth-order valence-electron chi connectivity index (χ4n) is 1.98. The highest BCUT2D eigenvalue weighted by Crippen LogP contribution is 2.16. The number of benzene rings is 1. The minimum absolute atomic E-state index is 0.444. The Bertz CT molecular complexity index is 372. The smallest absolute Gasteiger partial charge is 0.103 e. The highest BCUT2D eigenvalue weighted by Gasteiger charge is 2.14. The minimum Gasteiger partial charge on any atom is -0.389 e. The van der Waals surface area contributed by atoms with Crippen molar-refractivity contribution >= 4 is 22.9 Å². The molecule has 1 heterocycles. The van der Waals surface area contributed by atoms with Crippen LogP contribution in [0.3, 0.4) is 0 Å². The molecule has 0 aliphatic carbocycles. The average molecular weight is 250 g/mol. The van der Waals surface area contributed by atoms with Crippen molar-refractivity contribution in [2.75, 3.05) is 25.1 Å². The van der Waals surface area contributed by atoms with Gasteiger partial charge in [-0.1, -0.05) is 12.2 Å². The number of thiocarbonyl (C=S) groups is 1. The number of nitrogens with two attached hydrogens (primary N) is 1. The molecule has 0 bridgehead atoms. The van der Waals surface area contributed by atoms with Crippen LogP contribution in [0.4, 0.5) is 5.69 Å². The van der Waals surface area contributed by atoms with E-state index in [9.17, 15) is 0 Å². The van der Waals surface area contributed by atoms with Crippen molar-refractivity contribution in [3.8, 4) is 0 Å². The van der Waals surface area contributed by atoms with Gasteiger partial charge in [0.25, 0.3) is 0 Å². The summed E-state index contributed by atoms with van der Waals surface area (Å²) in [6, 6.07) is 7.92. The van der Waals surface area contributed by atoms with Gasteiger partial charge in [-0.25, -0.2) is 0 Å². The van der Waals surface area contributed by atoms with E-state index in [-0.39, 0.29) is 0 Å². The molecule has 4 heteroatoms. The number of anilines is 1. The highest BCUT2D eigenvalue weighted by atomic mass is 32.1. The monoisotopic (exact) mass is 250 g/mol. The lowest BCUT2D eigenvalue weighted by Crippen LogP contribution is -2.10. The van der Waals surface area contributed by atoms with Crippen molar-refractivity contribution in [3.63, 3.8) is 0 Å². The molecule has 0 amide bonds. The fourth-order valence-corrected chi connectivity index (χ4v) is 2.12. The third-order valence-electron chi connectivity index (χ3n) is 3.08. The first-order valence-electron chi connectivity index (χ1n) is 5.97. The molecule has 1 fully saturated rings. The van der Waals surface area contributed by atoms with Crippen molar-refractivity contribution in [1.82, 2.24) is 0 Å². The Morgan fingerprint density at radius 2 is 2.18 bits per heavy atom. The number of hydrogen-bond donors (Lipinski definition) is 2. The Morgan fingerprint density at radius 3 is 2.76 bits per heavy atom. The van der Waals surface area contributed by atoms with Crippen molar-refractivity contribution in [1.29, 1.82) is 0 Å². The molecule has 92 valence electrons. The molecule has 1 unspecified atom stereocenters. The summed E-state index contributed by atoms with van der Waals surface area (Å²) in [4.78, 5) is 0.444. The zero-order chi connectivity index (χ0) is 12.1. The van der Waals surface area contributed by atoms with Gasteiger partial charge in [0.15, 0.2) is 0 Å². The van der Waals surface area contributed by atoms with Gasteiger partial charge < -0.3 is 15.8 Å². The standard InChI is InChI=1S/C13H18N2OS/c14-13(17)11-1-3-12(4-2-11)15-7-5-10-6-8-16-9-10/h1-4,10,15H,5-9H2,(H2,14,17). The predicted molar refractivity (Wildman–Crippen MR) is 74.4 cm³/mol. The number of ether oxygens (including phenoxy) is 1. The van der Waals surface area contributed by atoms with E-state index in [0.717, 1.165) is 43.3 Å². The zero-order valence-corrected chi connectivity index (χ0v) is 10.6. The molecule has 1 aliphatic heterocycles. The van der Waals surface area contributed by atoms with Gasteiger partial charge in [-0.3, -0.25) is 0 Å². The normalized spacial score (nSPS) is 19.2. The van der Waals surface area contributed by atoms with Gasteiger partial charge in [0.05, 0.1) is 0 Å². The summed E-state index contributed by atoms with van der Waals surface area (Å²) in [7, 11) is 0. The number of rotatable bonds is 5. The molecule has 0 spiro atoms. The molecule has 1 atom stereocenters. The van der Waals surface area contributed by atoms with Crippen molar-refractivity contribution < 1.29 is 4.74 Å². The Kier molecular flexibility index (Phi) is 4.34. The summed E-state index contributed by atoms with van der Waals surface area (Å²) < 4.78 is 5.35. The summed E-state index contributed by atoms with van der Waals surface area (Å²) in [6.07, 6.45) is 2.36. The Morgan fingerprint density at radius 1 is 1.41 bits per heavy atom. The molecule has 1 aromatic carbocycles. The summed E-state index contributed by atoms with van der Waals surface area (Å²) in [6.45, 7) is 2.83. The Balaban J connectivity index is 1.76. The molecule has 1 aromatic rings. The number of hydrogen-bond acceptors (Lipinski definition) is 3. The van der Waals surface area contributed by atoms with E-state index in [1.165, 1.54) is 6.42 Å². The summed E-state index contributed by atoms with van der Waals surface area (Å²) in [5, 5.41) is 3.40. The van der Waals surface area contributed by atoms with E-state index >= 15 is 0 Å². The van der Waals surface area contributed by atoms with E-state index in [1.54, 1.807) is 0 Å². The van der Waals surface area contributed by atoms with Crippen LogP contribution in [0.5, 0.6) is 0 Å². The van der Waals surface area contributed by atoms with Gasteiger partial charge in [-0.2, -0.15) is 0 Å². The maximum atomic E-state index is 5.54. The van der Waals surface area contributed by atoms with E-state index < -0.39 is 0 Å². The van der Waals surface area contributed by atoms with Crippen LogP contribution in [0, 0.1) is 5.92 Å². The molecule has 3 N–H and O–H groups in total. The van der Waals surface area contributed by atoms with Crippen molar-refractivity contribution in [2.45, 2.75) is 12.8 Å². The molecule has 1 saturated heterocycles. The molecule has 0 radical (unpaired) electrons. The number of nitrogens with one attached hydrogen (secondary N) is 1. The van der Waals surface area contributed by atoms with E-state index in [4.69, 9.17) is 22.7 Å². The summed E-state index contributed by atoms with van der Waals surface area (Å²) >= 11 is 4.91. The SMILES string of the molecule is NC(=S)c1ccc(NCCC2CCOC2)cc1. The van der Waals surface area contributed by atoms with Crippen LogP contribution in [0.25, 0.3) is 0 Å². The lowest BCUT2D eigenvalue weighted by atomic mass is 10.1. The third-order valence-corrected chi connectivity index (χ3v) is 3.31. The molecule has 1 aliphatic rings. The lowest BCUT2D eigenvalue weighted by molar-refractivity contribution is 0.185. The second kappa shape index (κ2) is 5.98. The van der Waals surface area contributed by atoms with Crippen LogP contribution in [-0.4, -0.2) is 24.7 Å². The first-order chi connectivity index (χ1) is 8.25. The van der Waals surface area contributed by atoms with Gasteiger partial charge in [0.2, 0.25) is 0 Å². The highest BCUT2D eigenvalue weighted by molar-refractivity contribution is 7.80. The van der Waals surface area contributed by atoms with Crippen LogP contribution >= 0.6 is 12.2 Å². The van der Waals surface area contributed by atoms with Gasteiger partial charge in [-0.15, -0.1) is 0 Å². The van der Waals surface area contributed by atoms with Gasteiger partial charge >= 0.3 is 0 Å². The minimum atomic E-state index is 0.444. The largest absolute Gasteiger partial charge is 0.389 e. The van der Waals surface area contributed by atoms with Crippen molar-refractivity contribution in [2.24, 2.45) is 11.7 Å². The lowest BCUT2D eigenvalue weighted by Gasteiger charge is -2.10. The van der Waals surface area contributed by atoms with Gasteiger partial charge in [-0.05, 0) is 43.0 Å². The first-order valence-corrected chi connectivity index (χ1v) is 6.38. The molecule has 17 heavy (non-hydrogen) atoms. The predicted octanol–water partition coefficient (Wildman–Crippen LogP) is 2.16. The second-order valence-corrected chi connectivity index (χ2v) is 4.83. The van der Waals surface area contributed by atoms with Gasteiger partial charge in [0.1, 0.15) is 4.99 Å². The molecule has 3 nitrogen and oxygen atoms in total. The molecular weight excluding hydrogens is 232 g/mol. The van der Waals surface area contributed by atoms with Crippen LogP contribution in [0.1, 0.15) is 18.4 Å². The second-order valence-electron chi connectivity index (χ2n) is 4.39. The van der Waals surface area contributed by atoms with Crippen molar-refractivity contribution in [3.05, 3.63) is 29.8 Å².